The van der Waals surface area contributed by atoms with Gasteiger partial charge in [0.25, 0.3) is 0 Å². The van der Waals surface area contributed by atoms with Gasteiger partial charge in [0.15, 0.2) is 5.96 Å². The van der Waals surface area contributed by atoms with Crippen molar-refractivity contribution in [3.05, 3.63) is 52.9 Å². The zero-order chi connectivity index (χ0) is 15.6. The Kier molecular flexibility index (Phi) is 9.61. The predicted molar refractivity (Wildman–Crippen MR) is 107 cm³/mol. The van der Waals surface area contributed by atoms with E-state index >= 15 is 0 Å². The first kappa shape index (κ1) is 19.7. The minimum atomic E-state index is 0. The van der Waals surface area contributed by atoms with Gasteiger partial charge in [0, 0.05) is 43.5 Å². The highest BCUT2D eigenvalue weighted by atomic mass is 127. The lowest BCUT2D eigenvalue weighted by Gasteiger charge is -2.10. The lowest BCUT2D eigenvalue weighted by molar-refractivity contribution is 0.507. The van der Waals surface area contributed by atoms with Crippen LogP contribution in [0.1, 0.15) is 15.6 Å². The lowest BCUT2D eigenvalue weighted by atomic mass is 10.3. The van der Waals surface area contributed by atoms with Crippen molar-refractivity contribution in [2.45, 2.75) is 19.8 Å². The minimum absolute atomic E-state index is 0. The Labute approximate surface area is 158 Å². The molecule has 126 valence electrons. The molecule has 5 nitrogen and oxygen atoms in total. The summed E-state index contributed by atoms with van der Waals surface area (Å²) < 4.78 is 5.31. The van der Waals surface area contributed by atoms with Crippen molar-refractivity contribution in [3.8, 4) is 0 Å². The molecule has 2 rings (SSSR count). The van der Waals surface area contributed by atoms with Crippen molar-refractivity contribution in [1.29, 1.82) is 0 Å². The van der Waals surface area contributed by atoms with Gasteiger partial charge in [-0.05, 0) is 19.1 Å². The number of rotatable bonds is 8. The molecule has 0 atom stereocenters. The maximum atomic E-state index is 5.31. The third-order valence-corrected chi connectivity index (χ3v) is 3.90. The molecule has 0 amide bonds. The van der Waals surface area contributed by atoms with Crippen molar-refractivity contribution in [1.82, 2.24) is 15.6 Å². The molecule has 0 fully saturated rings. The molecule has 7 heteroatoms. The first-order valence-corrected chi connectivity index (χ1v) is 8.16. The molecule has 2 aromatic rings. The standard InChI is InChI=1S/C16H22N4OS.HI/c1-3-8-17-16(18-9-6-14-5-4-11-21-14)19-10-7-15-20-12-13(2)22-15;/h3-5,11-12H,1,6-10H2,2H3,(H2,17,18,19);1H. The van der Waals surface area contributed by atoms with Crippen molar-refractivity contribution in [2.24, 2.45) is 4.99 Å². The number of aryl methyl sites for hydroxylation is 1. The fourth-order valence-electron chi connectivity index (χ4n) is 1.88. The third-order valence-electron chi connectivity index (χ3n) is 2.92. The summed E-state index contributed by atoms with van der Waals surface area (Å²) in [4.78, 5) is 10.2. The van der Waals surface area contributed by atoms with Crippen LogP contribution in [0, 0.1) is 6.92 Å². The second-order valence-corrected chi connectivity index (χ2v) is 6.09. The third kappa shape index (κ3) is 7.65. The Morgan fingerprint density at radius 2 is 2.30 bits per heavy atom. The van der Waals surface area contributed by atoms with E-state index in [2.05, 4.69) is 34.1 Å². The molecule has 23 heavy (non-hydrogen) atoms. The average molecular weight is 446 g/mol. The van der Waals surface area contributed by atoms with Crippen LogP contribution in [0.15, 0.2) is 46.7 Å². The largest absolute Gasteiger partial charge is 0.469 e. The minimum Gasteiger partial charge on any atom is -0.469 e. The van der Waals surface area contributed by atoms with Crippen LogP contribution in [0.25, 0.3) is 0 Å². The summed E-state index contributed by atoms with van der Waals surface area (Å²) in [6.07, 6.45) is 7.09. The Balaban J connectivity index is 0.00000264. The smallest absolute Gasteiger partial charge is 0.191 e. The molecule has 0 aromatic carbocycles. The van der Waals surface area contributed by atoms with Crippen molar-refractivity contribution in [2.75, 3.05) is 19.6 Å². The van der Waals surface area contributed by atoms with Crippen molar-refractivity contribution in [3.63, 3.8) is 0 Å². The zero-order valence-electron chi connectivity index (χ0n) is 13.2. The quantitative estimate of drug-likeness (QED) is 0.283. The van der Waals surface area contributed by atoms with Crippen LogP contribution in [0.5, 0.6) is 0 Å². The van der Waals surface area contributed by atoms with E-state index in [9.17, 15) is 0 Å². The van der Waals surface area contributed by atoms with E-state index in [-0.39, 0.29) is 24.0 Å². The topological polar surface area (TPSA) is 62.5 Å². The number of aromatic nitrogens is 1. The number of thiazole rings is 1. The molecular weight excluding hydrogens is 423 g/mol. The highest BCUT2D eigenvalue weighted by Crippen LogP contribution is 2.11. The molecule has 2 N–H and O–H groups in total. The number of nitrogens with one attached hydrogen (secondary N) is 2. The summed E-state index contributed by atoms with van der Waals surface area (Å²) in [6.45, 7) is 7.95. The summed E-state index contributed by atoms with van der Waals surface area (Å²) in [7, 11) is 0. The SMILES string of the molecule is C=CCNC(=NCCc1ncc(C)s1)NCCc1ccco1.I. The molecule has 0 saturated carbocycles. The van der Waals surface area contributed by atoms with E-state index in [0.29, 0.717) is 13.1 Å². The van der Waals surface area contributed by atoms with Gasteiger partial charge in [-0.25, -0.2) is 4.98 Å². The average Bonchev–Trinajstić information content (AvgIpc) is 3.16. The molecule has 0 spiro atoms. The number of hydrogen-bond donors (Lipinski definition) is 2. The van der Waals surface area contributed by atoms with Crippen LogP contribution < -0.4 is 10.6 Å². The highest BCUT2D eigenvalue weighted by molar-refractivity contribution is 14.0. The molecule has 0 aliphatic carbocycles. The summed E-state index contributed by atoms with van der Waals surface area (Å²) in [5.41, 5.74) is 0. The summed E-state index contributed by atoms with van der Waals surface area (Å²) in [6, 6.07) is 3.87. The van der Waals surface area contributed by atoms with Crippen LogP contribution in [0.4, 0.5) is 0 Å². The summed E-state index contributed by atoms with van der Waals surface area (Å²) in [5, 5.41) is 7.64. The number of hydrogen-bond acceptors (Lipinski definition) is 4. The van der Waals surface area contributed by atoms with Crippen molar-refractivity contribution >= 4 is 41.3 Å². The first-order valence-electron chi connectivity index (χ1n) is 7.34. The normalized spacial score (nSPS) is 10.9. The Hall–Kier alpha value is -1.35. The monoisotopic (exact) mass is 446 g/mol. The number of guanidine groups is 1. The lowest BCUT2D eigenvalue weighted by Crippen LogP contribution is -2.38. The van der Waals surface area contributed by atoms with Crippen LogP contribution >= 0.6 is 35.3 Å². The van der Waals surface area contributed by atoms with E-state index in [1.807, 2.05) is 24.4 Å². The summed E-state index contributed by atoms with van der Waals surface area (Å²) >= 11 is 1.72. The van der Waals surface area contributed by atoms with Crippen LogP contribution in [-0.2, 0) is 12.8 Å². The fraction of sp³-hybridized carbons (Fsp3) is 0.375. The number of halogens is 1. The predicted octanol–water partition coefficient (Wildman–Crippen LogP) is 3.17. The van der Waals surface area contributed by atoms with E-state index < -0.39 is 0 Å². The van der Waals surface area contributed by atoms with E-state index in [1.54, 1.807) is 17.6 Å². The molecule has 0 radical (unpaired) electrons. The number of furan rings is 1. The molecular formula is C16H23IN4OS. The van der Waals surface area contributed by atoms with Crippen LogP contribution in [0.2, 0.25) is 0 Å². The maximum Gasteiger partial charge on any atom is 0.191 e. The van der Waals surface area contributed by atoms with Gasteiger partial charge in [-0.15, -0.1) is 41.9 Å². The van der Waals surface area contributed by atoms with Crippen LogP contribution in [0.3, 0.4) is 0 Å². The van der Waals surface area contributed by atoms with Gasteiger partial charge in [-0.2, -0.15) is 0 Å². The van der Waals surface area contributed by atoms with Gasteiger partial charge < -0.3 is 15.1 Å². The van der Waals surface area contributed by atoms with Gasteiger partial charge in [-0.3, -0.25) is 4.99 Å². The van der Waals surface area contributed by atoms with Gasteiger partial charge in [0.1, 0.15) is 5.76 Å². The zero-order valence-corrected chi connectivity index (χ0v) is 16.4. The van der Waals surface area contributed by atoms with Gasteiger partial charge >= 0.3 is 0 Å². The van der Waals surface area contributed by atoms with Crippen LogP contribution in [-0.4, -0.2) is 30.6 Å². The van der Waals surface area contributed by atoms with Gasteiger partial charge in [0.05, 0.1) is 11.3 Å². The van der Waals surface area contributed by atoms with Gasteiger partial charge in [0.2, 0.25) is 0 Å². The number of nitrogens with zero attached hydrogens (tertiary/aromatic N) is 2. The maximum absolute atomic E-state index is 5.31. The van der Waals surface area contributed by atoms with E-state index in [1.165, 1.54) is 4.88 Å². The summed E-state index contributed by atoms with van der Waals surface area (Å²) in [5.74, 6) is 1.76. The fourth-order valence-corrected chi connectivity index (χ4v) is 2.66. The van der Waals surface area contributed by atoms with Crippen molar-refractivity contribution < 1.29 is 4.42 Å². The van der Waals surface area contributed by atoms with Gasteiger partial charge in [-0.1, -0.05) is 6.08 Å². The Morgan fingerprint density at radius 1 is 1.43 bits per heavy atom. The Morgan fingerprint density at radius 3 is 2.96 bits per heavy atom. The molecule has 2 heterocycles. The Bertz CT molecular complexity index is 595. The molecule has 0 unspecified atom stereocenters. The molecule has 0 bridgehead atoms. The van der Waals surface area contributed by atoms with E-state index in [4.69, 9.17) is 4.42 Å². The number of aliphatic imine (C=N–C) groups is 1. The second-order valence-electron chi connectivity index (χ2n) is 4.77. The highest BCUT2D eigenvalue weighted by Gasteiger charge is 2.01. The molecule has 0 aliphatic heterocycles. The molecule has 0 saturated heterocycles. The molecule has 0 aliphatic rings. The molecule has 2 aromatic heterocycles. The second kappa shape index (κ2) is 11.2. The van der Waals surface area contributed by atoms with E-state index in [0.717, 1.165) is 36.1 Å². The first-order chi connectivity index (χ1) is 10.8.